The second-order valence-corrected chi connectivity index (χ2v) is 6.18. The summed E-state index contributed by atoms with van der Waals surface area (Å²) >= 11 is 9.10. The van der Waals surface area contributed by atoms with Gasteiger partial charge in [-0.2, -0.15) is 0 Å². The molecule has 0 fully saturated rings. The number of carbonyl (C=O) groups excluding carboxylic acids is 1. The zero-order valence-corrected chi connectivity index (χ0v) is 14.2. The Labute approximate surface area is 142 Å². The summed E-state index contributed by atoms with van der Waals surface area (Å²) in [7, 11) is 0. The van der Waals surface area contributed by atoms with Gasteiger partial charge in [0, 0.05) is 15.5 Å². The summed E-state index contributed by atoms with van der Waals surface area (Å²) in [6, 6.07) is 11.9. The number of amides is 1. The first-order chi connectivity index (χ1) is 10.5. The van der Waals surface area contributed by atoms with E-state index in [0.717, 1.165) is 5.56 Å². The van der Waals surface area contributed by atoms with Crippen molar-refractivity contribution < 1.29 is 9.18 Å². The van der Waals surface area contributed by atoms with Crippen LogP contribution in [0.5, 0.6) is 0 Å². The van der Waals surface area contributed by atoms with Gasteiger partial charge < -0.3 is 10.6 Å². The number of hydrogen-bond donors (Lipinski definition) is 2. The number of benzene rings is 2. The summed E-state index contributed by atoms with van der Waals surface area (Å²) in [5, 5.41) is 6.25. The zero-order valence-electron chi connectivity index (χ0n) is 11.9. The van der Waals surface area contributed by atoms with Gasteiger partial charge in [-0.15, -0.1) is 0 Å². The number of anilines is 1. The molecule has 22 heavy (non-hydrogen) atoms. The fourth-order valence-electron chi connectivity index (χ4n) is 1.92. The minimum atomic E-state index is -0.481. The molecule has 0 aliphatic heterocycles. The smallest absolute Gasteiger partial charge is 0.238 e. The molecule has 2 N–H and O–H groups in total. The number of nitrogens with one attached hydrogen (secondary N) is 2. The lowest BCUT2D eigenvalue weighted by atomic mass is 10.1. The summed E-state index contributed by atoms with van der Waals surface area (Å²) in [5.74, 6) is -0.791. The molecule has 0 bridgehead atoms. The monoisotopic (exact) mass is 384 g/mol. The van der Waals surface area contributed by atoms with Crippen molar-refractivity contribution in [2.24, 2.45) is 0 Å². The maximum Gasteiger partial charge on any atom is 0.238 e. The highest BCUT2D eigenvalue weighted by Crippen LogP contribution is 2.19. The summed E-state index contributed by atoms with van der Waals surface area (Å²) in [4.78, 5) is 11.9. The Morgan fingerprint density at radius 1 is 1.32 bits per heavy atom. The second kappa shape index (κ2) is 7.72. The van der Waals surface area contributed by atoms with Crippen LogP contribution in [0.1, 0.15) is 18.5 Å². The number of rotatable bonds is 5. The van der Waals surface area contributed by atoms with Crippen LogP contribution in [-0.2, 0) is 4.79 Å². The minimum absolute atomic E-state index is 0.0424. The maximum atomic E-state index is 13.6. The molecule has 1 amide bonds. The van der Waals surface area contributed by atoms with E-state index in [0.29, 0.717) is 9.50 Å². The van der Waals surface area contributed by atoms with E-state index in [1.807, 2.05) is 25.1 Å². The average Bonchev–Trinajstić information content (AvgIpc) is 2.47. The van der Waals surface area contributed by atoms with Gasteiger partial charge in [-0.1, -0.05) is 39.7 Å². The number of hydrogen-bond acceptors (Lipinski definition) is 2. The molecule has 2 aromatic rings. The number of halogens is 3. The van der Waals surface area contributed by atoms with E-state index in [2.05, 4.69) is 26.6 Å². The average molecular weight is 386 g/mol. The third-order valence-electron chi connectivity index (χ3n) is 3.12. The molecular weight excluding hydrogens is 371 g/mol. The molecular formula is C16H15BrClFN2O. The van der Waals surface area contributed by atoms with Gasteiger partial charge >= 0.3 is 0 Å². The molecule has 1 atom stereocenters. The lowest BCUT2D eigenvalue weighted by Gasteiger charge is -2.14. The van der Waals surface area contributed by atoms with Crippen molar-refractivity contribution in [2.75, 3.05) is 11.9 Å². The van der Waals surface area contributed by atoms with Gasteiger partial charge in [0.05, 0.1) is 12.2 Å². The van der Waals surface area contributed by atoms with Crippen LogP contribution in [0.15, 0.2) is 46.9 Å². The van der Waals surface area contributed by atoms with Crippen LogP contribution >= 0.6 is 27.5 Å². The normalized spacial score (nSPS) is 12.0. The summed E-state index contributed by atoms with van der Waals surface area (Å²) < 4.78 is 14.3. The Morgan fingerprint density at radius 3 is 2.77 bits per heavy atom. The van der Waals surface area contributed by atoms with Gasteiger partial charge in [-0.3, -0.25) is 4.79 Å². The van der Waals surface area contributed by atoms with Crippen molar-refractivity contribution in [3.63, 3.8) is 0 Å². The molecule has 116 valence electrons. The van der Waals surface area contributed by atoms with Gasteiger partial charge in [0.1, 0.15) is 5.82 Å². The van der Waals surface area contributed by atoms with Gasteiger partial charge in [0.25, 0.3) is 0 Å². The highest BCUT2D eigenvalue weighted by atomic mass is 79.9. The van der Waals surface area contributed by atoms with Crippen molar-refractivity contribution in [1.82, 2.24) is 5.32 Å². The number of carbonyl (C=O) groups is 1. The first kappa shape index (κ1) is 16.9. The van der Waals surface area contributed by atoms with E-state index in [1.165, 1.54) is 12.1 Å². The molecule has 3 nitrogen and oxygen atoms in total. The molecule has 0 aliphatic rings. The van der Waals surface area contributed by atoms with Crippen LogP contribution in [-0.4, -0.2) is 12.5 Å². The van der Waals surface area contributed by atoms with Crippen molar-refractivity contribution in [2.45, 2.75) is 13.0 Å². The maximum absolute atomic E-state index is 13.6. The SMILES string of the molecule is C[C@H](NCC(=O)Nc1ccc(Br)cc1F)c1cccc(Cl)c1. The summed E-state index contributed by atoms with van der Waals surface area (Å²) in [5.41, 5.74) is 1.14. The van der Waals surface area contributed by atoms with Crippen LogP contribution in [0.3, 0.4) is 0 Å². The molecule has 0 heterocycles. The van der Waals surface area contributed by atoms with Crippen LogP contribution in [0.25, 0.3) is 0 Å². The quantitative estimate of drug-likeness (QED) is 0.794. The largest absolute Gasteiger partial charge is 0.322 e. The summed E-state index contributed by atoms with van der Waals surface area (Å²) in [6.45, 7) is 2.00. The van der Waals surface area contributed by atoms with Crippen LogP contribution in [0, 0.1) is 5.82 Å². The van der Waals surface area contributed by atoms with Crippen molar-refractivity contribution >= 4 is 39.1 Å². The fourth-order valence-corrected chi connectivity index (χ4v) is 2.46. The molecule has 6 heteroatoms. The molecule has 2 rings (SSSR count). The predicted molar refractivity (Wildman–Crippen MR) is 90.6 cm³/mol. The van der Waals surface area contributed by atoms with Gasteiger partial charge in [0.2, 0.25) is 5.91 Å². The third-order valence-corrected chi connectivity index (χ3v) is 3.85. The first-order valence-electron chi connectivity index (χ1n) is 6.69. The Kier molecular flexibility index (Phi) is 5.94. The molecule has 0 unspecified atom stereocenters. The van der Waals surface area contributed by atoms with Crippen molar-refractivity contribution in [3.8, 4) is 0 Å². The van der Waals surface area contributed by atoms with E-state index < -0.39 is 5.82 Å². The van der Waals surface area contributed by atoms with Crippen molar-refractivity contribution in [1.29, 1.82) is 0 Å². The highest BCUT2D eigenvalue weighted by molar-refractivity contribution is 9.10. The van der Waals surface area contributed by atoms with Crippen LogP contribution < -0.4 is 10.6 Å². The highest BCUT2D eigenvalue weighted by Gasteiger charge is 2.10. The first-order valence-corrected chi connectivity index (χ1v) is 7.86. The lowest BCUT2D eigenvalue weighted by molar-refractivity contribution is -0.115. The zero-order chi connectivity index (χ0) is 16.1. The minimum Gasteiger partial charge on any atom is -0.322 e. The van der Waals surface area contributed by atoms with E-state index >= 15 is 0 Å². The van der Waals surface area contributed by atoms with E-state index in [4.69, 9.17) is 11.6 Å². The molecule has 0 aliphatic carbocycles. The van der Waals surface area contributed by atoms with Gasteiger partial charge in [0.15, 0.2) is 0 Å². The Morgan fingerprint density at radius 2 is 2.09 bits per heavy atom. The molecule has 0 aromatic heterocycles. The van der Waals surface area contributed by atoms with Crippen LogP contribution in [0.2, 0.25) is 5.02 Å². The Balaban J connectivity index is 1.90. The Hall–Kier alpha value is -1.43. The van der Waals surface area contributed by atoms with Crippen LogP contribution in [0.4, 0.5) is 10.1 Å². The standard InChI is InChI=1S/C16H15BrClFN2O/c1-10(11-3-2-4-13(18)7-11)20-9-16(22)21-15-6-5-12(17)8-14(15)19/h2-8,10,20H,9H2,1H3,(H,21,22)/t10-/m0/s1. The van der Waals surface area contributed by atoms with Crippen molar-refractivity contribution in [3.05, 3.63) is 63.3 Å². The molecule has 0 saturated heterocycles. The lowest BCUT2D eigenvalue weighted by Crippen LogP contribution is -2.30. The Bertz CT molecular complexity index is 681. The topological polar surface area (TPSA) is 41.1 Å². The van der Waals surface area contributed by atoms with E-state index in [-0.39, 0.29) is 24.2 Å². The molecule has 2 aromatic carbocycles. The van der Waals surface area contributed by atoms with Gasteiger partial charge in [-0.25, -0.2) is 4.39 Å². The molecule has 0 spiro atoms. The predicted octanol–water partition coefficient (Wildman–Crippen LogP) is 4.53. The summed E-state index contributed by atoms with van der Waals surface area (Å²) in [6.07, 6.45) is 0. The second-order valence-electron chi connectivity index (χ2n) is 4.83. The fraction of sp³-hybridized carbons (Fsp3) is 0.188. The van der Waals surface area contributed by atoms with E-state index in [1.54, 1.807) is 12.1 Å². The van der Waals surface area contributed by atoms with Gasteiger partial charge in [-0.05, 0) is 42.8 Å². The molecule has 0 radical (unpaired) electrons. The molecule has 0 saturated carbocycles. The third kappa shape index (κ3) is 4.80. The van der Waals surface area contributed by atoms with E-state index in [9.17, 15) is 9.18 Å².